The highest BCUT2D eigenvalue weighted by Gasteiger charge is 2.26. The molecule has 0 aromatic heterocycles. The van der Waals surface area contributed by atoms with E-state index in [1.165, 1.54) is 11.1 Å². The Hall–Kier alpha value is -3.82. The van der Waals surface area contributed by atoms with Crippen LogP contribution in [-0.2, 0) is 30.2 Å². The zero-order valence-corrected chi connectivity index (χ0v) is 26.1. The number of urea groups is 1. The first kappa shape index (κ1) is 31.1. The van der Waals surface area contributed by atoms with Gasteiger partial charge in [0, 0.05) is 31.4 Å². The molecule has 0 spiro atoms. The number of likely N-dealkylation sites (tertiary alicyclic amines) is 1. The van der Waals surface area contributed by atoms with Crippen molar-refractivity contribution >= 4 is 11.7 Å². The van der Waals surface area contributed by atoms with E-state index < -0.39 is 0 Å². The van der Waals surface area contributed by atoms with Crippen LogP contribution >= 0.6 is 0 Å². The predicted octanol–water partition coefficient (Wildman–Crippen LogP) is 7.43. The van der Waals surface area contributed by atoms with Crippen molar-refractivity contribution in [3.63, 3.8) is 0 Å². The minimum absolute atomic E-state index is 0.137. The molecule has 3 N–H and O–H groups in total. The van der Waals surface area contributed by atoms with Gasteiger partial charge in [-0.1, -0.05) is 84.0 Å². The molecule has 0 unspecified atom stereocenters. The van der Waals surface area contributed by atoms with Crippen molar-refractivity contribution in [2.45, 2.75) is 90.6 Å². The molecule has 0 atom stereocenters. The van der Waals surface area contributed by atoms with E-state index in [9.17, 15) is 9.90 Å². The second kappa shape index (κ2) is 13.0. The van der Waals surface area contributed by atoms with E-state index in [4.69, 9.17) is 5.26 Å². The monoisotopic (exact) mass is 566 g/mol. The fraction of sp³-hybridized carbons (Fsp3) is 0.444. The van der Waals surface area contributed by atoms with Crippen LogP contribution in [0.4, 0.5) is 10.5 Å². The molecular weight excluding hydrogens is 520 g/mol. The number of aryl methyl sites for hydroxylation is 2. The number of phenols is 1. The summed E-state index contributed by atoms with van der Waals surface area (Å²) in [6.45, 7) is 15.5. The summed E-state index contributed by atoms with van der Waals surface area (Å²) in [5, 5.41) is 26.4. The first-order valence-corrected chi connectivity index (χ1v) is 15.1. The van der Waals surface area contributed by atoms with Crippen molar-refractivity contribution in [1.29, 1.82) is 5.26 Å². The van der Waals surface area contributed by atoms with Crippen LogP contribution in [0, 0.1) is 11.3 Å². The SMILES string of the molecule is CC(C)(C)c1cc(CCc2ccccc2NC(=O)NC2CCN(Cc3ccc(C#N)cc3)CC2)cc(C(C)(C)C)c1O. The zero-order valence-electron chi connectivity index (χ0n) is 26.1. The summed E-state index contributed by atoms with van der Waals surface area (Å²) in [6.07, 6.45) is 3.39. The summed E-state index contributed by atoms with van der Waals surface area (Å²) in [4.78, 5) is 15.4. The molecule has 0 saturated carbocycles. The lowest BCUT2D eigenvalue weighted by molar-refractivity contribution is 0.190. The number of nitriles is 1. The number of nitrogens with one attached hydrogen (secondary N) is 2. The maximum atomic E-state index is 13.0. The summed E-state index contributed by atoms with van der Waals surface area (Å²) in [5.74, 6) is 0.401. The number of anilines is 1. The van der Waals surface area contributed by atoms with Crippen LogP contribution in [0.3, 0.4) is 0 Å². The molecule has 1 fully saturated rings. The summed E-state index contributed by atoms with van der Waals surface area (Å²) >= 11 is 0. The van der Waals surface area contributed by atoms with Crippen molar-refractivity contribution in [2.75, 3.05) is 18.4 Å². The Bertz CT molecular complexity index is 1380. The minimum atomic E-state index is -0.169. The molecule has 0 aliphatic carbocycles. The molecule has 0 radical (unpaired) electrons. The van der Waals surface area contributed by atoms with E-state index in [1.807, 2.05) is 42.5 Å². The predicted molar refractivity (Wildman–Crippen MR) is 171 cm³/mol. The number of hydrogen-bond donors (Lipinski definition) is 3. The van der Waals surface area contributed by atoms with E-state index in [1.54, 1.807) is 0 Å². The fourth-order valence-corrected chi connectivity index (χ4v) is 5.64. The molecule has 6 nitrogen and oxygen atoms in total. The standard InChI is InChI=1S/C36H46N4O2/c1-35(2,3)30-21-27(22-31(33(30)41)36(4,5)6)15-16-28-9-7-8-10-32(28)39-34(42)38-29-17-19-40(20-18-29)24-26-13-11-25(23-37)12-14-26/h7-14,21-22,29,41H,15-20,24H2,1-6H3,(H2,38,39,42). The molecule has 1 heterocycles. The molecule has 42 heavy (non-hydrogen) atoms. The smallest absolute Gasteiger partial charge is 0.319 e. The van der Waals surface area contributed by atoms with Gasteiger partial charge in [-0.2, -0.15) is 5.26 Å². The molecule has 3 aromatic rings. The number of amides is 2. The topological polar surface area (TPSA) is 88.4 Å². The van der Waals surface area contributed by atoms with Crippen LogP contribution in [-0.4, -0.2) is 35.2 Å². The van der Waals surface area contributed by atoms with Gasteiger partial charge < -0.3 is 15.7 Å². The van der Waals surface area contributed by atoms with Crippen molar-refractivity contribution < 1.29 is 9.90 Å². The third-order valence-electron chi connectivity index (χ3n) is 8.15. The normalized spacial score (nSPS) is 14.8. The van der Waals surface area contributed by atoms with Gasteiger partial charge >= 0.3 is 6.03 Å². The maximum Gasteiger partial charge on any atom is 0.319 e. The average molecular weight is 567 g/mol. The second-order valence-corrected chi connectivity index (χ2v) is 13.7. The number of para-hydroxylation sites is 1. The highest BCUT2D eigenvalue weighted by Crippen LogP contribution is 2.40. The van der Waals surface area contributed by atoms with Crippen LogP contribution in [0.15, 0.2) is 60.7 Å². The van der Waals surface area contributed by atoms with Gasteiger partial charge in [-0.25, -0.2) is 4.79 Å². The van der Waals surface area contributed by atoms with Gasteiger partial charge in [0.1, 0.15) is 5.75 Å². The molecule has 222 valence electrons. The number of hydrogen-bond acceptors (Lipinski definition) is 4. The number of carbonyl (C=O) groups excluding carboxylic acids is 1. The lowest BCUT2D eigenvalue weighted by Crippen LogP contribution is -2.45. The van der Waals surface area contributed by atoms with Crippen molar-refractivity contribution in [3.8, 4) is 11.8 Å². The number of aromatic hydroxyl groups is 1. The minimum Gasteiger partial charge on any atom is -0.507 e. The highest BCUT2D eigenvalue weighted by molar-refractivity contribution is 5.90. The Morgan fingerprint density at radius 2 is 1.50 bits per heavy atom. The summed E-state index contributed by atoms with van der Waals surface area (Å²) < 4.78 is 0. The van der Waals surface area contributed by atoms with Gasteiger partial charge in [0.2, 0.25) is 0 Å². The molecule has 1 aliphatic heterocycles. The van der Waals surface area contributed by atoms with Gasteiger partial charge in [-0.3, -0.25) is 4.90 Å². The average Bonchev–Trinajstić information content (AvgIpc) is 2.93. The summed E-state index contributed by atoms with van der Waals surface area (Å²) in [7, 11) is 0. The number of rotatable bonds is 7. The molecule has 6 heteroatoms. The molecule has 3 aromatic carbocycles. The lowest BCUT2D eigenvalue weighted by atomic mass is 9.78. The molecule has 2 amide bonds. The van der Waals surface area contributed by atoms with E-state index >= 15 is 0 Å². The molecule has 4 rings (SSSR count). The van der Waals surface area contributed by atoms with Crippen molar-refractivity contribution in [3.05, 3.63) is 94.0 Å². The highest BCUT2D eigenvalue weighted by atomic mass is 16.3. The number of phenolic OH excluding ortho intramolecular Hbond substituents is 1. The second-order valence-electron chi connectivity index (χ2n) is 13.7. The zero-order chi connectivity index (χ0) is 30.5. The van der Waals surface area contributed by atoms with Gasteiger partial charge in [-0.05, 0) is 82.5 Å². The number of piperidine rings is 1. The number of benzene rings is 3. The van der Waals surface area contributed by atoms with Crippen LogP contribution in [0.25, 0.3) is 0 Å². The fourth-order valence-electron chi connectivity index (χ4n) is 5.64. The Morgan fingerprint density at radius 1 is 0.905 bits per heavy atom. The Balaban J connectivity index is 1.34. The van der Waals surface area contributed by atoms with Crippen LogP contribution < -0.4 is 10.6 Å². The molecule has 1 aliphatic rings. The molecule has 1 saturated heterocycles. The summed E-state index contributed by atoms with van der Waals surface area (Å²) in [6, 6.07) is 22.2. The van der Waals surface area contributed by atoms with Crippen LogP contribution in [0.5, 0.6) is 5.75 Å². The Kier molecular flexibility index (Phi) is 9.64. The van der Waals surface area contributed by atoms with Crippen molar-refractivity contribution in [2.24, 2.45) is 0 Å². The molecule has 0 bridgehead atoms. The lowest BCUT2D eigenvalue weighted by Gasteiger charge is -2.32. The van der Waals surface area contributed by atoms with E-state index in [0.717, 1.165) is 67.7 Å². The van der Waals surface area contributed by atoms with Crippen molar-refractivity contribution in [1.82, 2.24) is 10.2 Å². The van der Waals surface area contributed by atoms with E-state index in [0.29, 0.717) is 11.3 Å². The van der Waals surface area contributed by atoms with Crippen LogP contribution in [0.1, 0.15) is 87.8 Å². The van der Waals surface area contributed by atoms with Gasteiger partial charge in [0.05, 0.1) is 11.6 Å². The quantitative estimate of drug-likeness (QED) is 0.277. The van der Waals surface area contributed by atoms with Gasteiger partial charge in [-0.15, -0.1) is 0 Å². The molecular formula is C36H46N4O2. The summed E-state index contributed by atoms with van der Waals surface area (Å²) in [5.41, 5.74) is 6.60. The van der Waals surface area contributed by atoms with E-state index in [-0.39, 0.29) is 22.9 Å². The maximum absolute atomic E-state index is 13.0. The Labute approximate surface area is 251 Å². The third kappa shape index (κ3) is 8.14. The number of carbonyl (C=O) groups is 1. The first-order chi connectivity index (χ1) is 19.8. The van der Waals surface area contributed by atoms with Gasteiger partial charge in [0.25, 0.3) is 0 Å². The first-order valence-electron chi connectivity index (χ1n) is 15.1. The van der Waals surface area contributed by atoms with E-state index in [2.05, 4.69) is 81.3 Å². The Morgan fingerprint density at radius 3 is 2.07 bits per heavy atom. The third-order valence-corrected chi connectivity index (χ3v) is 8.15. The largest absolute Gasteiger partial charge is 0.507 e. The van der Waals surface area contributed by atoms with Crippen LogP contribution in [0.2, 0.25) is 0 Å². The number of nitrogens with zero attached hydrogens (tertiary/aromatic N) is 2. The van der Waals surface area contributed by atoms with Gasteiger partial charge in [0.15, 0.2) is 0 Å².